The van der Waals surface area contributed by atoms with Crippen molar-refractivity contribution in [3.8, 4) is 5.75 Å². The molecule has 2 aromatic rings. The number of nitrogens with one attached hydrogen (secondary N) is 2. The molecule has 1 saturated heterocycles. The Bertz CT molecular complexity index is 739. The van der Waals surface area contributed by atoms with E-state index in [0.717, 1.165) is 42.1 Å². The molecule has 1 atom stereocenters. The zero-order chi connectivity index (χ0) is 17.6. The van der Waals surface area contributed by atoms with Gasteiger partial charge in [0.25, 0.3) is 0 Å². The fraction of sp³-hybridized carbons (Fsp3) is 0.389. The number of methoxy groups -OCH3 is 1. The first kappa shape index (κ1) is 21.1. The number of anilines is 1. The third-order valence-corrected chi connectivity index (χ3v) is 5.46. The summed E-state index contributed by atoms with van der Waals surface area (Å²) in [5.74, 6) is 1.71. The molecule has 2 heterocycles. The fourth-order valence-electron chi connectivity index (χ4n) is 2.93. The average Bonchev–Trinajstić information content (AvgIpc) is 3.27. The summed E-state index contributed by atoms with van der Waals surface area (Å²) in [6.07, 6.45) is 1.07. The minimum atomic E-state index is 0. The van der Waals surface area contributed by atoms with Crippen molar-refractivity contribution in [2.75, 3.05) is 32.1 Å². The number of aliphatic imine (C=N–C) groups is 1. The lowest BCUT2D eigenvalue weighted by atomic mass is 10.2. The van der Waals surface area contributed by atoms with Gasteiger partial charge in [0.1, 0.15) is 5.75 Å². The minimum absolute atomic E-state index is 0. The van der Waals surface area contributed by atoms with Gasteiger partial charge in [-0.15, -0.1) is 35.3 Å². The molecule has 26 heavy (non-hydrogen) atoms. The lowest BCUT2D eigenvalue weighted by molar-refractivity contribution is 0.415. The molecule has 0 radical (unpaired) electrons. The van der Waals surface area contributed by atoms with Gasteiger partial charge in [-0.2, -0.15) is 0 Å². The summed E-state index contributed by atoms with van der Waals surface area (Å²) in [4.78, 5) is 7.89. The van der Waals surface area contributed by atoms with E-state index in [1.54, 1.807) is 25.5 Å². The van der Waals surface area contributed by atoms with E-state index in [1.807, 2.05) is 24.3 Å². The first-order valence-electron chi connectivity index (χ1n) is 8.28. The summed E-state index contributed by atoms with van der Waals surface area (Å²) in [6.45, 7) is 2.68. The number of rotatable bonds is 5. The van der Waals surface area contributed by atoms with Crippen molar-refractivity contribution in [2.45, 2.75) is 19.0 Å². The molecule has 0 amide bonds. The average molecular weight is 507 g/mol. The third-order valence-electron chi connectivity index (χ3n) is 4.23. The van der Waals surface area contributed by atoms with Crippen LogP contribution in [0.15, 0.2) is 41.4 Å². The van der Waals surface area contributed by atoms with E-state index in [2.05, 4.69) is 32.7 Å². The normalized spacial score (nSPS) is 17.0. The van der Waals surface area contributed by atoms with E-state index < -0.39 is 0 Å². The molecule has 0 bridgehead atoms. The largest absolute Gasteiger partial charge is 0.497 e. The second-order valence-electron chi connectivity index (χ2n) is 5.91. The first-order valence-corrected chi connectivity index (χ1v) is 9.48. The molecule has 2 N–H and O–H groups in total. The highest BCUT2D eigenvalue weighted by atomic mass is 127. The lowest BCUT2D eigenvalue weighted by Crippen LogP contribution is -2.44. The van der Waals surface area contributed by atoms with Gasteiger partial charge in [0, 0.05) is 42.8 Å². The fourth-order valence-corrected chi connectivity index (χ4v) is 3.95. The Morgan fingerprint density at radius 3 is 2.92 bits per heavy atom. The minimum Gasteiger partial charge on any atom is -0.497 e. The summed E-state index contributed by atoms with van der Waals surface area (Å²) in [7, 11) is 3.50. The molecule has 1 aliphatic heterocycles. The van der Waals surface area contributed by atoms with Crippen LogP contribution in [0.4, 0.5) is 5.69 Å². The van der Waals surface area contributed by atoms with Crippen LogP contribution in [0, 0.1) is 0 Å². The molecule has 8 heteroatoms. The van der Waals surface area contributed by atoms with Gasteiger partial charge in [0.05, 0.1) is 18.0 Å². The molecular formula is C18H24ClIN4OS. The monoisotopic (exact) mass is 506 g/mol. The van der Waals surface area contributed by atoms with Gasteiger partial charge >= 0.3 is 0 Å². The van der Waals surface area contributed by atoms with Crippen LogP contribution in [-0.4, -0.2) is 39.2 Å². The molecule has 3 rings (SSSR count). The van der Waals surface area contributed by atoms with Gasteiger partial charge in [0.2, 0.25) is 0 Å². The highest BCUT2D eigenvalue weighted by Gasteiger charge is 2.23. The molecule has 5 nitrogen and oxygen atoms in total. The summed E-state index contributed by atoms with van der Waals surface area (Å²) in [5.41, 5.74) is 1.19. The maximum Gasteiger partial charge on any atom is 0.191 e. The summed E-state index contributed by atoms with van der Waals surface area (Å²) < 4.78 is 6.13. The third kappa shape index (κ3) is 5.65. The molecule has 1 aromatic carbocycles. The molecule has 1 unspecified atom stereocenters. The number of thiophene rings is 1. The van der Waals surface area contributed by atoms with Gasteiger partial charge < -0.3 is 20.3 Å². The Kier molecular flexibility index (Phi) is 8.30. The van der Waals surface area contributed by atoms with Crippen LogP contribution < -0.4 is 20.3 Å². The van der Waals surface area contributed by atoms with Crippen LogP contribution in [0.3, 0.4) is 0 Å². The maximum absolute atomic E-state index is 5.97. The van der Waals surface area contributed by atoms with Crippen LogP contribution in [0.1, 0.15) is 11.3 Å². The quantitative estimate of drug-likeness (QED) is 0.366. The van der Waals surface area contributed by atoms with Crippen molar-refractivity contribution in [2.24, 2.45) is 4.99 Å². The Hall–Kier alpha value is -1.19. The van der Waals surface area contributed by atoms with Crippen LogP contribution >= 0.6 is 46.9 Å². The van der Waals surface area contributed by atoms with Crippen LogP contribution in [-0.2, 0) is 6.54 Å². The molecule has 0 saturated carbocycles. The van der Waals surface area contributed by atoms with E-state index in [-0.39, 0.29) is 24.0 Å². The molecule has 0 aliphatic carbocycles. The number of benzene rings is 1. The number of nitrogens with zero attached hydrogens (tertiary/aromatic N) is 2. The zero-order valence-electron chi connectivity index (χ0n) is 14.9. The topological polar surface area (TPSA) is 48.9 Å². The molecule has 1 aromatic heterocycles. The molecular weight excluding hydrogens is 483 g/mol. The Balaban J connectivity index is 0.00000243. The molecule has 1 aliphatic rings. The lowest BCUT2D eigenvalue weighted by Gasteiger charge is -2.20. The Morgan fingerprint density at radius 2 is 2.23 bits per heavy atom. The Labute approximate surface area is 180 Å². The SMILES string of the molecule is CN=C(NCc1ccc(Cl)s1)NC1CCN(c2cccc(OC)c2)C1.I. The van der Waals surface area contributed by atoms with E-state index in [0.29, 0.717) is 6.04 Å². The standard InChI is InChI=1S/C18H23ClN4OS.HI/c1-20-18(21-11-16-6-7-17(19)25-16)22-13-8-9-23(12-13)14-4-3-5-15(10-14)24-2;/h3-7,10,13H,8-9,11-12H2,1-2H3,(H2,20,21,22);1H. The second-order valence-corrected chi connectivity index (χ2v) is 7.71. The van der Waals surface area contributed by atoms with E-state index in [4.69, 9.17) is 16.3 Å². The van der Waals surface area contributed by atoms with E-state index in [9.17, 15) is 0 Å². The number of guanidine groups is 1. The van der Waals surface area contributed by atoms with Crippen molar-refractivity contribution in [3.63, 3.8) is 0 Å². The van der Waals surface area contributed by atoms with Gasteiger partial charge in [-0.05, 0) is 30.7 Å². The van der Waals surface area contributed by atoms with Gasteiger partial charge in [-0.25, -0.2) is 0 Å². The van der Waals surface area contributed by atoms with Crippen molar-refractivity contribution < 1.29 is 4.74 Å². The van der Waals surface area contributed by atoms with Gasteiger partial charge in [-0.1, -0.05) is 17.7 Å². The van der Waals surface area contributed by atoms with Crippen LogP contribution in [0.5, 0.6) is 5.75 Å². The Morgan fingerprint density at radius 1 is 1.38 bits per heavy atom. The van der Waals surface area contributed by atoms with Crippen LogP contribution in [0.25, 0.3) is 0 Å². The summed E-state index contributed by atoms with van der Waals surface area (Å²) in [5, 5.41) is 6.86. The molecule has 1 fully saturated rings. The highest BCUT2D eigenvalue weighted by molar-refractivity contribution is 14.0. The van der Waals surface area contributed by atoms with Crippen LogP contribution in [0.2, 0.25) is 4.34 Å². The summed E-state index contributed by atoms with van der Waals surface area (Å²) >= 11 is 7.56. The number of hydrogen-bond donors (Lipinski definition) is 2. The zero-order valence-corrected chi connectivity index (χ0v) is 18.8. The molecule has 0 spiro atoms. The van der Waals surface area contributed by atoms with Crippen molar-refractivity contribution in [1.82, 2.24) is 10.6 Å². The number of ether oxygens (including phenoxy) is 1. The second kappa shape index (κ2) is 10.2. The predicted octanol–water partition coefficient (Wildman–Crippen LogP) is 3.97. The highest BCUT2D eigenvalue weighted by Crippen LogP contribution is 2.24. The van der Waals surface area contributed by atoms with Crippen molar-refractivity contribution >= 4 is 58.6 Å². The van der Waals surface area contributed by atoms with Crippen molar-refractivity contribution in [1.29, 1.82) is 0 Å². The molecule has 142 valence electrons. The van der Waals surface area contributed by atoms with Crippen molar-refractivity contribution in [3.05, 3.63) is 45.6 Å². The summed E-state index contributed by atoms with van der Waals surface area (Å²) in [6, 6.07) is 12.5. The number of hydrogen-bond acceptors (Lipinski definition) is 4. The first-order chi connectivity index (χ1) is 12.2. The van der Waals surface area contributed by atoms with Gasteiger partial charge in [0.15, 0.2) is 5.96 Å². The number of halogens is 2. The van der Waals surface area contributed by atoms with E-state index >= 15 is 0 Å². The van der Waals surface area contributed by atoms with Gasteiger partial charge in [-0.3, -0.25) is 4.99 Å². The smallest absolute Gasteiger partial charge is 0.191 e. The maximum atomic E-state index is 5.97. The predicted molar refractivity (Wildman–Crippen MR) is 122 cm³/mol. The van der Waals surface area contributed by atoms with E-state index in [1.165, 1.54) is 10.6 Å².